The van der Waals surface area contributed by atoms with Crippen LogP contribution in [0, 0.1) is 6.92 Å². The smallest absolute Gasteiger partial charge is 0.301 e. The first kappa shape index (κ1) is 24.8. The molecule has 8 heteroatoms. The second-order valence-corrected chi connectivity index (χ2v) is 8.83. The molecule has 38 heavy (non-hydrogen) atoms. The van der Waals surface area contributed by atoms with E-state index in [0.29, 0.717) is 40.7 Å². The lowest BCUT2D eigenvalue weighted by Gasteiger charge is -2.23. The zero-order valence-electron chi connectivity index (χ0n) is 21.0. The van der Waals surface area contributed by atoms with Crippen molar-refractivity contribution in [1.29, 1.82) is 0 Å². The zero-order valence-corrected chi connectivity index (χ0v) is 21.0. The minimum atomic E-state index is -0.963. The molecule has 0 bridgehead atoms. The SMILES string of the molecule is CCCOc1ccc(C(O)=C2C(=O)C(=O)N(c3cc(C)on3)[C@H]2c2cccc(Oc3ccccc3)c2)cc1. The summed E-state index contributed by atoms with van der Waals surface area (Å²) in [6, 6.07) is 23.6. The average Bonchev–Trinajstić information content (AvgIpc) is 3.48. The zero-order chi connectivity index (χ0) is 26.6. The molecule has 1 aliphatic heterocycles. The van der Waals surface area contributed by atoms with Gasteiger partial charge in [0.05, 0.1) is 18.2 Å². The maximum absolute atomic E-state index is 13.4. The number of rotatable bonds is 8. The quantitative estimate of drug-likeness (QED) is 0.171. The van der Waals surface area contributed by atoms with Gasteiger partial charge in [-0.15, -0.1) is 0 Å². The molecule has 1 aliphatic rings. The highest BCUT2D eigenvalue weighted by molar-refractivity contribution is 6.51. The highest BCUT2D eigenvalue weighted by Crippen LogP contribution is 2.43. The summed E-state index contributed by atoms with van der Waals surface area (Å²) in [6.45, 7) is 4.27. The summed E-state index contributed by atoms with van der Waals surface area (Å²) >= 11 is 0. The van der Waals surface area contributed by atoms with E-state index in [1.165, 1.54) is 4.90 Å². The van der Waals surface area contributed by atoms with Gasteiger partial charge in [0.2, 0.25) is 0 Å². The number of ketones is 1. The molecule has 1 atom stereocenters. The molecule has 0 aliphatic carbocycles. The molecule has 1 saturated heterocycles. The number of carbonyl (C=O) groups excluding carboxylic acids is 2. The summed E-state index contributed by atoms with van der Waals surface area (Å²) in [5.74, 6) is 0.493. The summed E-state index contributed by atoms with van der Waals surface area (Å²) in [4.78, 5) is 27.9. The molecule has 4 aromatic rings. The van der Waals surface area contributed by atoms with Crippen LogP contribution in [-0.4, -0.2) is 28.6 Å². The Labute approximate surface area is 219 Å². The van der Waals surface area contributed by atoms with Crippen LogP contribution in [-0.2, 0) is 9.59 Å². The van der Waals surface area contributed by atoms with Gasteiger partial charge in [-0.05, 0) is 67.4 Å². The summed E-state index contributed by atoms with van der Waals surface area (Å²) in [6.07, 6.45) is 0.861. The maximum atomic E-state index is 13.4. The van der Waals surface area contributed by atoms with Gasteiger partial charge in [-0.2, -0.15) is 0 Å². The average molecular weight is 511 g/mol. The van der Waals surface area contributed by atoms with Crippen molar-refractivity contribution in [2.75, 3.05) is 11.5 Å². The van der Waals surface area contributed by atoms with E-state index < -0.39 is 17.7 Å². The Morgan fingerprint density at radius 2 is 1.68 bits per heavy atom. The number of hydrogen-bond acceptors (Lipinski definition) is 7. The van der Waals surface area contributed by atoms with Crippen molar-refractivity contribution in [3.05, 3.63) is 107 Å². The number of nitrogens with zero attached hydrogens (tertiary/aromatic N) is 2. The number of amides is 1. The number of Topliss-reactive ketones (excluding diaryl/α,β-unsaturated/α-hetero) is 1. The standard InChI is InChI=1S/C30H26N2O6/c1-3-16-36-22-14-12-20(13-15-22)28(33)26-27(32(30(35)29(26)34)25-17-19(2)38-31-25)21-8-7-11-24(18-21)37-23-9-5-4-6-10-23/h4-15,17-18,27,33H,3,16H2,1-2H3/t27-/m0/s1. The minimum absolute atomic E-state index is 0.0604. The lowest BCUT2D eigenvalue weighted by molar-refractivity contribution is -0.132. The first-order valence-corrected chi connectivity index (χ1v) is 12.3. The second-order valence-electron chi connectivity index (χ2n) is 8.83. The molecule has 8 nitrogen and oxygen atoms in total. The van der Waals surface area contributed by atoms with E-state index in [2.05, 4.69) is 5.16 Å². The van der Waals surface area contributed by atoms with E-state index in [0.717, 1.165) is 6.42 Å². The highest BCUT2D eigenvalue weighted by Gasteiger charge is 2.48. The molecule has 0 radical (unpaired) electrons. The van der Waals surface area contributed by atoms with Crippen molar-refractivity contribution in [1.82, 2.24) is 5.16 Å². The number of carbonyl (C=O) groups is 2. The topological polar surface area (TPSA) is 102 Å². The Hall–Kier alpha value is -4.85. The lowest BCUT2D eigenvalue weighted by atomic mass is 9.95. The Morgan fingerprint density at radius 1 is 0.947 bits per heavy atom. The van der Waals surface area contributed by atoms with Crippen LogP contribution in [0.1, 0.15) is 36.3 Å². The highest BCUT2D eigenvalue weighted by atomic mass is 16.5. The number of aromatic nitrogens is 1. The van der Waals surface area contributed by atoms with Crippen molar-refractivity contribution in [2.45, 2.75) is 26.3 Å². The van der Waals surface area contributed by atoms with Crippen LogP contribution in [0.15, 0.2) is 95.0 Å². The minimum Gasteiger partial charge on any atom is -0.507 e. The van der Waals surface area contributed by atoms with E-state index in [9.17, 15) is 14.7 Å². The number of hydrogen-bond donors (Lipinski definition) is 1. The molecule has 1 fully saturated rings. The molecule has 0 unspecified atom stereocenters. The van der Waals surface area contributed by atoms with Crippen LogP contribution in [0.25, 0.3) is 5.76 Å². The molecule has 0 spiro atoms. The summed E-state index contributed by atoms with van der Waals surface area (Å²) in [5.41, 5.74) is 0.877. The third-order valence-corrected chi connectivity index (χ3v) is 6.06. The lowest BCUT2D eigenvalue weighted by Crippen LogP contribution is -2.29. The van der Waals surface area contributed by atoms with Gasteiger partial charge in [-0.3, -0.25) is 14.5 Å². The molecule has 1 aromatic heterocycles. The van der Waals surface area contributed by atoms with E-state index in [1.807, 2.05) is 37.3 Å². The normalized spacial score (nSPS) is 16.6. The van der Waals surface area contributed by atoms with Gasteiger partial charge < -0.3 is 19.1 Å². The number of aliphatic hydroxyl groups excluding tert-OH is 1. The molecule has 192 valence electrons. The fourth-order valence-electron chi connectivity index (χ4n) is 4.31. The van der Waals surface area contributed by atoms with E-state index in [-0.39, 0.29) is 17.2 Å². The van der Waals surface area contributed by atoms with E-state index in [1.54, 1.807) is 61.5 Å². The molecular formula is C30H26N2O6. The van der Waals surface area contributed by atoms with Crippen molar-refractivity contribution < 1.29 is 28.7 Å². The Bertz CT molecular complexity index is 1490. The number of anilines is 1. The number of aryl methyl sites for hydroxylation is 1. The van der Waals surface area contributed by atoms with Gasteiger partial charge in [0.1, 0.15) is 28.8 Å². The molecule has 3 aromatic carbocycles. The number of para-hydroxylation sites is 1. The Morgan fingerprint density at radius 3 is 2.37 bits per heavy atom. The van der Waals surface area contributed by atoms with Gasteiger partial charge in [0.25, 0.3) is 5.78 Å². The van der Waals surface area contributed by atoms with Gasteiger partial charge in [-0.25, -0.2) is 0 Å². The van der Waals surface area contributed by atoms with Crippen LogP contribution in [0.3, 0.4) is 0 Å². The van der Waals surface area contributed by atoms with Crippen LogP contribution >= 0.6 is 0 Å². The van der Waals surface area contributed by atoms with Crippen LogP contribution < -0.4 is 14.4 Å². The predicted molar refractivity (Wildman–Crippen MR) is 141 cm³/mol. The van der Waals surface area contributed by atoms with Crippen molar-refractivity contribution in [3.63, 3.8) is 0 Å². The fourth-order valence-corrected chi connectivity index (χ4v) is 4.31. The molecule has 5 rings (SSSR count). The van der Waals surface area contributed by atoms with Gasteiger partial charge in [-0.1, -0.05) is 42.4 Å². The molecule has 2 heterocycles. The second kappa shape index (κ2) is 10.6. The van der Waals surface area contributed by atoms with Crippen LogP contribution in [0.4, 0.5) is 5.82 Å². The Balaban J connectivity index is 1.60. The monoisotopic (exact) mass is 510 g/mol. The van der Waals surface area contributed by atoms with Crippen molar-refractivity contribution in [2.24, 2.45) is 0 Å². The van der Waals surface area contributed by atoms with Crippen LogP contribution in [0.2, 0.25) is 0 Å². The number of ether oxygens (including phenoxy) is 2. The van der Waals surface area contributed by atoms with E-state index >= 15 is 0 Å². The fraction of sp³-hybridized carbons (Fsp3) is 0.167. The number of aliphatic hydroxyl groups is 1. The van der Waals surface area contributed by atoms with Crippen molar-refractivity contribution in [3.8, 4) is 17.2 Å². The predicted octanol–water partition coefficient (Wildman–Crippen LogP) is 6.19. The van der Waals surface area contributed by atoms with Gasteiger partial charge in [0, 0.05) is 11.6 Å². The first-order chi connectivity index (χ1) is 18.5. The van der Waals surface area contributed by atoms with Crippen molar-refractivity contribution >= 4 is 23.3 Å². The molecule has 1 amide bonds. The third kappa shape index (κ3) is 4.88. The third-order valence-electron chi connectivity index (χ3n) is 6.06. The molecule has 1 N–H and O–H groups in total. The molecule has 0 saturated carbocycles. The molecular weight excluding hydrogens is 484 g/mol. The summed E-state index contributed by atoms with van der Waals surface area (Å²) < 4.78 is 16.8. The van der Waals surface area contributed by atoms with Gasteiger partial charge in [0.15, 0.2) is 5.82 Å². The number of benzene rings is 3. The van der Waals surface area contributed by atoms with E-state index in [4.69, 9.17) is 14.0 Å². The maximum Gasteiger partial charge on any atom is 0.301 e. The van der Waals surface area contributed by atoms with Gasteiger partial charge >= 0.3 is 5.91 Å². The Kier molecular flexibility index (Phi) is 6.95. The first-order valence-electron chi connectivity index (χ1n) is 12.3. The summed E-state index contributed by atoms with van der Waals surface area (Å²) in [5, 5.41) is 15.3. The van der Waals surface area contributed by atoms with Crippen LogP contribution in [0.5, 0.6) is 17.2 Å². The largest absolute Gasteiger partial charge is 0.507 e. The summed E-state index contributed by atoms with van der Waals surface area (Å²) in [7, 11) is 0.